The van der Waals surface area contributed by atoms with Gasteiger partial charge in [0.25, 0.3) is 0 Å². The maximum absolute atomic E-state index is 2.63. The molecule has 1 fully saturated rings. The third-order valence-electron chi connectivity index (χ3n) is 2.97. The second kappa shape index (κ2) is 5.61. The van der Waals surface area contributed by atoms with E-state index < -0.39 is 8.80 Å². The monoisotopic (exact) mass is 197 g/mol. The van der Waals surface area contributed by atoms with Gasteiger partial charge in [0.2, 0.25) is 0 Å². The Kier molecular flexibility index (Phi) is 4.74. The molecule has 1 rings (SSSR count). The predicted octanol–water partition coefficient (Wildman–Crippen LogP) is 2.44. The van der Waals surface area contributed by atoms with E-state index in [0.29, 0.717) is 0 Å². The van der Waals surface area contributed by atoms with E-state index in [1.807, 2.05) is 0 Å². The van der Waals surface area contributed by atoms with Crippen molar-refractivity contribution < 1.29 is 0 Å². The van der Waals surface area contributed by atoms with Gasteiger partial charge in [-0.1, -0.05) is 30.8 Å². The molecule has 13 heavy (non-hydrogen) atoms. The standard InChI is InChI=1S/C11H23NSi/c1-4-11(13(2)3)10-12-8-6-5-7-9-12/h4,13H,5-10H2,1-3H3. The molecular weight excluding hydrogens is 174 g/mol. The van der Waals surface area contributed by atoms with Crippen LogP contribution in [0, 0.1) is 0 Å². The van der Waals surface area contributed by atoms with Crippen LogP contribution in [0.4, 0.5) is 0 Å². The Morgan fingerprint density at radius 3 is 2.31 bits per heavy atom. The minimum atomic E-state index is -0.537. The number of likely N-dealkylation sites (tertiary alicyclic amines) is 1. The molecular formula is C11H23NSi. The number of rotatable bonds is 3. The smallest absolute Gasteiger partial charge is 0.0608 e. The van der Waals surface area contributed by atoms with Gasteiger partial charge in [-0.3, -0.25) is 4.90 Å². The summed E-state index contributed by atoms with van der Waals surface area (Å²) in [5.74, 6) is 0. The maximum Gasteiger partial charge on any atom is 0.0608 e. The van der Waals surface area contributed by atoms with Crippen LogP contribution in [-0.4, -0.2) is 33.3 Å². The summed E-state index contributed by atoms with van der Waals surface area (Å²) in [4.78, 5) is 2.63. The van der Waals surface area contributed by atoms with Crippen LogP contribution in [0.3, 0.4) is 0 Å². The first-order valence-electron chi connectivity index (χ1n) is 5.61. The highest BCUT2D eigenvalue weighted by atomic mass is 28.3. The predicted molar refractivity (Wildman–Crippen MR) is 62.9 cm³/mol. The van der Waals surface area contributed by atoms with Gasteiger partial charge in [0.05, 0.1) is 8.80 Å². The van der Waals surface area contributed by atoms with Crippen molar-refractivity contribution in [3.63, 3.8) is 0 Å². The Bertz CT molecular complexity index is 169. The SMILES string of the molecule is CC=C(CN1CCCCC1)[SiH](C)C. The second-order valence-electron chi connectivity index (χ2n) is 4.36. The molecule has 1 heterocycles. The lowest BCUT2D eigenvalue weighted by Gasteiger charge is -2.28. The van der Waals surface area contributed by atoms with Crippen molar-refractivity contribution in [1.29, 1.82) is 0 Å². The molecule has 0 saturated carbocycles. The van der Waals surface area contributed by atoms with E-state index in [4.69, 9.17) is 0 Å². The Balaban J connectivity index is 2.36. The third-order valence-corrected chi connectivity index (χ3v) is 4.97. The van der Waals surface area contributed by atoms with Gasteiger partial charge < -0.3 is 0 Å². The quantitative estimate of drug-likeness (QED) is 0.628. The first kappa shape index (κ1) is 11.0. The highest BCUT2D eigenvalue weighted by molar-refractivity contribution is 6.64. The van der Waals surface area contributed by atoms with Crippen molar-refractivity contribution in [3.8, 4) is 0 Å². The summed E-state index contributed by atoms with van der Waals surface area (Å²) in [7, 11) is -0.537. The van der Waals surface area contributed by atoms with E-state index in [0.717, 1.165) is 0 Å². The van der Waals surface area contributed by atoms with Gasteiger partial charge in [-0.25, -0.2) is 0 Å². The maximum atomic E-state index is 2.63. The fraction of sp³-hybridized carbons (Fsp3) is 0.818. The average Bonchev–Trinajstić information content (AvgIpc) is 2.15. The third kappa shape index (κ3) is 3.65. The first-order valence-corrected chi connectivity index (χ1v) is 8.50. The minimum Gasteiger partial charge on any atom is -0.300 e. The van der Waals surface area contributed by atoms with E-state index in [1.54, 1.807) is 5.20 Å². The molecule has 0 aliphatic carbocycles. The van der Waals surface area contributed by atoms with Gasteiger partial charge in [0.1, 0.15) is 0 Å². The Hall–Kier alpha value is -0.0831. The van der Waals surface area contributed by atoms with Crippen LogP contribution in [-0.2, 0) is 0 Å². The molecule has 1 aliphatic heterocycles. The molecule has 76 valence electrons. The lowest BCUT2D eigenvalue weighted by molar-refractivity contribution is 0.249. The van der Waals surface area contributed by atoms with Crippen LogP contribution in [0.1, 0.15) is 26.2 Å². The fourth-order valence-electron chi connectivity index (χ4n) is 1.98. The molecule has 2 heteroatoms. The van der Waals surface area contributed by atoms with Crippen LogP contribution < -0.4 is 0 Å². The molecule has 0 aromatic rings. The Morgan fingerprint density at radius 2 is 1.85 bits per heavy atom. The zero-order valence-electron chi connectivity index (χ0n) is 9.34. The molecule has 0 radical (unpaired) electrons. The summed E-state index contributed by atoms with van der Waals surface area (Å²) in [6.45, 7) is 11.0. The molecule has 0 amide bonds. The number of nitrogens with zero attached hydrogens (tertiary/aromatic N) is 1. The molecule has 0 bridgehead atoms. The van der Waals surface area contributed by atoms with Crippen LogP contribution in [0.5, 0.6) is 0 Å². The van der Waals surface area contributed by atoms with Crippen LogP contribution >= 0.6 is 0 Å². The molecule has 0 aromatic heterocycles. The molecule has 0 atom stereocenters. The van der Waals surface area contributed by atoms with Gasteiger partial charge in [0.15, 0.2) is 0 Å². The fourth-order valence-corrected chi connectivity index (χ4v) is 3.27. The highest BCUT2D eigenvalue weighted by Crippen LogP contribution is 2.12. The van der Waals surface area contributed by atoms with Gasteiger partial charge in [-0.2, -0.15) is 0 Å². The van der Waals surface area contributed by atoms with Crippen molar-refractivity contribution in [1.82, 2.24) is 4.90 Å². The summed E-state index contributed by atoms with van der Waals surface area (Å²) in [6.07, 6.45) is 6.62. The number of hydrogen-bond donors (Lipinski definition) is 0. The van der Waals surface area contributed by atoms with Gasteiger partial charge in [-0.05, 0) is 32.9 Å². The zero-order chi connectivity index (χ0) is 9.68. The molecule has 0 unspecified atom stereocenters. The molecule has 0 aromatic carbocycles. The van der Waals surface area contributed by atoms with Crippen molar-refractivity contribution >= 4 is 8.80 Å². The van der Waals surface area contributed by atoms with E-state index in [2.05, 4.69) is 31.0 Å². The largest absolute Gasteiger partial charge is 0.300 e. The summed E-state index contributed by atoms with van der Waals surface area (Å²) in [6, 6.07) is 0. The average molecular weight is 197 g/mol. The van der Waals surface area contributed by atoms with E-state index in [1.165, 1.54) is 38.9 Å². The molecule has 0 spiro atoms. The lowest BCUT2D eigenvalue weighted by Crippen LogP contribution is -2.33. The molecule has 1 saturated heterocycles. The summed E-state index contributed by atoms with van der Waals surface area (Å²) in [5.41, 5.74) is 0. The van der Waals surface area contributed by atoms with Crippen molar-refractivity contribution in [3.05, 3.63) is 11.3 Å². The van der Waals surface area contributed by atoms with Crippen LogP contribution in [0.2, 0.25) is 13.1 Å². The first-order chi connectivity index (χ1) is 6.24. The van der Waals surface area contributed by atoms with Crippen molar-refractivity contribution in [2.75, 3.05) is 19.6 Å². The molecule has 0 N–H and O–H groups in total. The number of hydrogen-bond acceptors (Lipinski definition) is 1. The topological polar surface area (TPSA) is 3.24 Å². The van der Waals surface area contributed by atoms with Crippen molar-refractivity contribution in [2.24, 2.45) is 0 Å². The van der Waals surface area contributed by atoms with Gasteiger partial charge in [0, 0.05) is 6.54 Å². The molecule has 1 aliphatic rings. The summed E-state index contributed by atoms with van der Waals surface area (Å²) >= 11 is 0. The Labute approximate surface area is 84.4 Å². The summed E-state index contributed by atoms with van der Waals surface area (Å²) < 4.78 is 0. The van der Waals surface area contributed by atoms with Gasteiger partial charge >= 0.3 is 0 Å². The van der Waals surface area contributed by atoms with E-state index >= 15 is 0 Å². The van der Waals surface area contributed by atoms with Gasteiger partial charge in [-0.15, -0.1) is 0 Å². The number of piperidine rings is 1. The van der Waals surface area contributed by atoms with E-state index in [-0.39, 0.29) is 0 Å². The highest BCUT2D eigenvalue weighted by Gasteiger charge is 2.12. The second-order valence-corrected chi connectivity index (χ2v) is 7.41. The minimum absolute atomic E-state index is 0.537. The van der Waals surface area contributed by atoms with Crippen LogP contribution in [0.25, 0.3) is 0 Å². The Morgan fingerprint density at radius 1 is 1.23 bits per heavy atom. The number of allylic oxidation sites excluding steroid dienone is 1. The van der Waals surface area contributed by atoms with E-state index in [9.17, 15) is 0 Å². The van der Waals surface area contributed by atoms with Crippen molar-refractivity contribution in [2.45, 2.75) is 39.3 Å². The van der Waals surface area contributed by atoms with Crippen LogP contribution in [0.15, 0.2) is 11.3 Å². The summed E-state index contributed by atoms with van der Waals surface area (Å²) in [5, 5.41) is 1.74. The zero-order valence-corrected chi connectivity index (χ0v) is 10.5. The molecule has 1 nitrogen and oxygen atoms in total. The normalized spacial score (nSPS) is 21.1. The lowest BCUT2D eigenvalue weighted by atomic mass is 10.1.